The quantitative estimate of drug-likeness (QED) is 0.607. The van der Waals surface area contributed by atoms with Gasteiger partial charge in [-0.05, 0) is 33.2 Å². The van der Waals surface area contributed by atoms with E-state index in [9.17, 15) is 4.79 Å². The molecule has 0 amide bonds. The van der Waals surface area contributed by atoms with Crippen molar-refractivity contribution >= 4 is 5.78 Å². The van der Waals surface area contributed by atoms with Gasteiger partial charge in [0, 0.05) is 44.7 Å². The summed E-state index contributed by atoms with van der Waals surface area (Å²) >= 11 is 0. The van der Waals surface area contributed by atoms with Crippen LogP contribution in [0.4, 0.5) is 0 Å². The van der Waals surface area contributed by atoms with Crippen molar-refractivity contribution in [1.82, 2.24) is 9.80 Å². The van der Waals surface area contributed by atoms with Gasteiger partial charge < -0.3 is 9.64 Å². The molecule has 1 aliphatic rings. The highest BCUT2D eigenvalue weighted by Crippen LogP contribution is 2.07. The summed E-state index contributed by atoms with van der Waals surface area (Å²) in [5, 5.41) is 0. The Morgan fingerprint density at radius 3 is 2.25 bits per heavy atom. The van der Waals surface area contributed by atoms with Gasteiger partial charge in [-0.25, -0.2) is 0 Å². The van der Waals surface area contributed by atoms with Crippen molar-refractivity contribution < 1.29 is 9.53 Å². The minimum absolute atomic E-state index is 0.0900. The summed E-state index contributed by atoms with van der Waals surface area (Å²) in [6.07, 6.45) is 2.22. The van der Waals surface area contributed by atoms with Gasteiger partial charge in [0.1, 0.15) is 6.61 Å². The second-order valence-corrected chi connectivity index (χ2v) is 6.35. The fraction of sp³-hybridized carbons (Fsp3) is 0.938. The Balaban J connectivity index is 1.96. The highest BCUT2D eigenvalue weighted by atomic mass is 16.5. The van der Waals surface area contributed by atoms with Gasteiger partial charge in [-0.1, -0.05) is 13.8 Å². The zero-order valence-corrected chi connectivity index (χ0v) is 13.7. The summed E-state index contributed by atoms with van der Waals surface area (Å²) in [6, 6.07) is 0.670. The molecule has 1 heterocycles. The molecule has 0 aromatic rings. The molecule has 1 saturated heterocycles. The fourth-order valence-corrected chi connectivity index (χ4v) is 2.38. The van der Waals surface area contributed by atoms with Crippen LogP contribution in [0, 0.1) is 5.92 Å². The van der Waals surface area contributed by atoms with E-state index in [1.165, 1.54) is 26.2 Å². The minimum atomic E-state index is 0.0900. The molecule has 0 aromatic heterocycles. The third kappa shape index (κ3) is 6.82. The Kier molecular flexibility index (Phi) is 8.34. The fourth-order valence-electron chi connectivity index (χ4n) is 2.38. The molecule has 0 N–H and O–H groups in total. The normalized spacial score (nSPS) is 18.1. The molecule has 20 heavy (non-hydrogen) atoms. The van der Waals surface area contributed by atoms with Gasteiger partial charge in [0.25, 0.3) is 0 Å². The molecular formula is C16H32N2O2. The van der Waals surface area contributed by atoms with Crippen LogP contribution in [0.5, 0.6) is 0 Å². The molecule has 0 bridgehead atoms. The van der Waals surface area contributed by atoms with E-state index < -0.39 is 0 Å². The van der Waals surface area contributed by atoms with Gasteiger partial charge in [-0.3, -0.25) is 9.69 Å². The average Bonchev–Trinajstić information content (AvgIpc) is 2.42. The summed E-state index contributed by atoms with van der Waals surface area (Å²) < 4.78 is 5.42. The number of piperazine rings is 1. The Morgan fingerprint density at radius 2 is 1.70 bits per heavy atom. The van der Waals surface area contributed by atoms with Crippen LogP contribution in [0.3, 0.4) is 0 Å². The summed E-state index contributed by atoms with van der Waals surface area (Å²) in [5.74, 6) is 0.294. The lowest BCUT2D eigenvalue weighted by molar-refractivity contribution is -0.126. The van der Waals surface area contributed by atoms with Crippen molar-refractivity contribution in [2.45, 2.75) is 46.6 Å². The van der Waals surface area contributed by atoms with Crippen molar-refractivity contribution in [3.05, 3.63) is 0 Å². The number of unbranched alkanes of at least 4 members (excludes halogenated alkanes) is 1. The largest absolute Gasteiger partial charge is 0.374 e. The Bertz CT molecular complexity index is 272. The monoisotopic (exact) mass is 284 g/mol. The molecule has 0 radical (unpaired) electrons. The predicted octanol–water partition coefficient (Wildman–Crippen LogP) is 2.03. The Labute approximate surface area is 124 Å². The van der Waals surface area contributed by atoms with Crippen molar-refractivity contribution in [1.29, 1.82) is 0 Å². The Morgan fingerprint density at radius 1 is 1.05 bits per heavy atom. The second kappa shape index (κ2) is 9.48. The standard InChI is InChI=1S/C16H32N2O2/c1-14(2)16(19)13-20-12-6-5-7-17-8-10-18(11-9-17)15(3)4/h14-15H,5-13H2,1-4H3. The molecule has 0 spiro atoms. The van der Waals surface area contributed by atoms with E-state index in [0.29, 0.717) is 12.6 Å². The Hall–Kier alpha value is -0.450. The van der Waals surface area contributed by atoms with Crippen LogP contribution in [0.1, 0.15) is 40.5 Å². The molecular weight excluding hydrogens is 252 g/mol. The highest BCUT2D eigenvalue weighted by molar-refractivity contribution is 5.81. The highest BCUT2D eigenvalue weighted by Gasteiger charge is 2.17. The third-order valence-electron chi connectivity index (χ3n) is 4.04. The number of hydrogen-bond donors (Lipinski definition) is 0. The zero-order chi connectivity index (χ0) is 15.0. The van der Waals surface area contributed by atoms with Crippen LogP contribution in [-0.2, 0) is 9.53 Å². The van der Waals surface area contributed by atoms with Crippen molar-refractivity contribution in [2.24, 2.45) is 5.92 Å². The van der Waals surface area contributed by atoms with Crippen molar-refractivity contribution in [3.8, 4) is 0 Å². The first-order valence-corrected chi connectivity index (χ1v) is 8.07. The van der Waals surface area contributed by atoms with Crippen molar-refractivity contribution in [2.75, 3.05) is 45.9 Å². The van der Waals surface area contributed by atoms with E-state index in [1.807, 2.05) is 13.8 Å². The zero-order valence-electron chi connectivity index (χ0n) is 13.7. The van der Waals surface area contributed by atoms with Crippen LogP contribution >= 0.6 is 0 Å². The summed E-state index contributed by atoms with van der Waals surface area (Å²) in [7, 11) is 0. The molecule has 1 fully saturated rings. The molecule has 0 atom stereocenters. The molecule has 0 aromatic carbocycles. The molecule has 1 rings (SSSR count). The number of ether oxygens (including phenoxy) is 1. The molecule has 4 heteroatoms. The second-order valence-electron chi connectivity index (χ2n) is 6.35. The first-order valence-electron chi connectivity index (χ1n) is 8.07. The molecule has 0 saturated carbocycles. The first-order chi connectivity index (χ1) is 9.50. The first kappa shape index (κ1) is 17.6. The van der Waals surface area contributed by atoms with Crippen molar-refractivity contribution in [3.63, 3.8) is 0 Å². The lowest BCUT2D eigenvalue weighted by Crippen LogP contribution is -2.48. The van der Waals surface area contributed by atoms with Gasteiger partial charge in [-0.2, -0.15) is 0 Å². The average molecular weight is 284 g/mol. The lowest BCUT2D eigenvalue weighted by atomic mass is 10.1. The number of Topliss-reactive ketones (excluding diaryl/α,β-unsaturated/α-hetero) is 1. The van der Waals surface area contributed by atoms with Gasteiger partial charge in [-0.15, -0.1) is 0 Å². The summed E-state index contributed by atoms with van der Waals surface area (Å²) in [5.41, 5.74) is 0. The van der Waals surface area contributed by atoms with Gasteiger partial charge >= 0.3 is 0 Å². The summed E-state index contributed by atoms with van der Waals surface area (Å²) in [6.45, 7) is 15.3. The van der Waals surface area contributed by atoms with E-state index in [1.54, 1.807) is 0 Å². The molecule has 118 valence electrons. The predicted molar refractivity (Wildman–Crippen MR) is 83.0 cm³/mol. The molecule has 0 aliphatic carbocycles. The topological polar surface area (TPSA) is 32.8 Å². The number of rotatable bonds is 9. The molecule has 4 nitrogen and oxygen atoms in total. The maximum atomic E-state index is 11.4. The number of carbonyl (C=O) groups excluding carboxylic acids is 1. The van der Waals surface area contributed by atoms with Crippen LogP contribution < -0.4 is 0 Å². The van der Waals surface area contributed by atoms with E-state index in [2.05, 4.69) is 23.6 Å². The maximum Gasteiger partial charge on any atom is 0.160 e. The van der Waals surface area contributed by atoms with E-state index in [4.69, 9.17) is 4.74 Å². The van der Waals surface area contributed by atoms with Gasteiger partial charge in [0.2, 0.25) is 0 Å². The van der Waals surface area contributed by atoms with E-state index >= 15 is 0 Å². The molecule has 0 unspecified atom stereocenters. The van der Waals surface area contributed by atoms with Gasteiger partial charge in [0.05, 0.1) is 0 Å². The smallest absolute Gasteiger partial charge is 0.160 e. The number of ketones is 1. The molecule has 1 aliphatic heterocycles. The van der Waals surface area contributed by atoms with E-state index in [0.717, 1.165) is 19.4 Å². The lowest BCUT2D eigenvalue weighted by Gasteiger charge is -2.36. The van der Waals surface area contributed by atoms with Crippen LogP contribution in [0.15, 0.2) is 0 Å². The number of carbonyl (C=O) groups is 1. The number of nitrogens with zero attached hydrogens (tertiary/aromatic N) is 2. The third-order valence-corrected chi connectivity index (χ3v) is 4.04. The van der Waals surface area contributed by atoms with Crippen LogP contribution in [0.25, 0.3) is 0 Å². The van der Waals surface area contributed by atoms with Crippen LogP contribution in [-0.4, -0.2) is 67.6 Å². The SMILES string of the molecule is CC(C)C(=O)COCCCCN1CCN(C(C)C)CC1. The van der Waals surface area contributed by atoms with E-state index in [-0.39, 0.29) is 18.3 Å². The number of hydrogen-bond acceptors (Lipinski definition) is 4. The maximum absolute atomic E-state index is 11.4. The summed E-state index contributed by atoms with van der Waals surface area (Å²) in [4.78, 5) is 16.4. The minimum Gasteiger partial charge on any atom is -0.374 e. The van der Waals surface area contributed by atoms with Gasteiger partial charge in [0.15, 0.2) is 5.78 Å². The van der Waals surface area contributed by atoms with Crippen LogP contribution in [0.2, 0.25) is 0 Å².